The van der Waals surface area contributed by atoms with E-state index in [1.807, 2.05) is 6.92 Å². The number of carbonyl (C=O) groups is 1. The highest BCUT2D eigenvalue weighted by atomic mass is 35.5. The number of hydrogen-bond donors (Lipinski definition) is 2. The molecule has 11 heteroatoms. The van der Waals surface area contributed by atoms with Gasteiger partial charge in [-0.1, -0.05) is 18.5 Å². The van der Waals surface area contributed by atoms with E-state index in [1.165, 1.54) is 24.3 Å². The fraction of sp³-hybridized carbons (Fsp3) is 0.316. The molecule has 0 spiro atoms. The van der Waals surface area contributed by atoms with E-state index in [1.54, 1.807) is 6.92 Å². The molecule has 0 saturated heterocycles. The second-order valence-corrected chi connectivity index (χ2v) is 8.55. The van der Waals surface area contributed by atoms with E-state index in [-0.39, 0.29) is 27.4 Å². The molecule has 1 amide bonds. The molecule has 164 valence electrons. The van der Waals surface area contributed by atoms with Gasteiger partial charge in [0, 0.05) is 6.04 Å². The molecule has 0 fully saturated rings. The summed E-state index contributed by atoms with van der Waals surface area (Å²) >= 11 is 5.83. The normalized spacial score (nSPS) is 13.0. The monoisotopic (exact) mass is 464 g/mol. The summed E-state index contributed by atoms with van der Waals surface area (Å²) in [6.45, 7) is 3.08. The van der Waals surface area contributed by atoms with Crippen LogP contribution in [0.4, 0.5) is 18.9 Å². The quantitative estimate of drug-likeness (QED) is 0.604. The van der Waals surface area contributed by atoms with Crippen LogP contribution in [0.3, 0.4) is 0 Å². The number of anilines is 1. The third-order valence-electron chi connectivity index (χ3n) is 4.04. The Morgan fingerprint density at radius 1 is 1.17 bits per heavy atom. The summed E-state index contributed by atoms with van der Waals surface area (Å²) < 4.78 is 70.5. The summed E-state index contributed by atoms with van der Waals surface area (Å²) in [7, 11) is -3.67. The number of rotatable bonds is 8. The molecule has 0 heterocycles. The van der Waals surface area contributed by atoms with Gasteiger partial charge in [0.15, 0.2) is 6.61 Å². The zero-order valence-corrected chi connectivity index (χ0v) is 17.7. The van der Waals surface area contributed by atoms with Crippen molar-refractivity contribution < 1.29 is 31.1 Å². The van der Waals surface area contributed by atoms with E-state index in [9.17, 15) is 26.4 Å². The van der Waals surface area contributed by atoms with Gasteiger partial charge in [-0.15, -0.1) is 0 Å². The van der Waals surface area contributed by atoms with Crippen LogP contribution in [-0.4, -0.2) is 27.0 Å². The lowest BCUT2D eigenvalue weighted by atomic mass is 10.2. The zero-order chi connectivity index (χ0) is 22.5. The molecule has 2 aromatic rings. The highest BCUT2D eigenvalue weighted by Crippen LogP contribution is 2.33. The van der Waals surface area contributed by atoms with Crippen LogP contribution in [0.15, 0.2) is 47.4 Å². The number of hydrogen-bond acceptors (Lipinski definition) is 4. The maximum Gasteiger partial charge on any atom is 0.416 e. The maximum atomic E-state index is 12.8. The average Bonchev–Trinajstić information content (AvgIpc) is 2.67. The van der Waals surface area contributed by atoms with Crippen LogP contribution in [-0.2, 0) is 21.0 Å². The molecule has 0 aliphatic carbocycles. The third-order valence-corrected chi connectivity index (χ3v) is 5.98. The van der Waals surface area contributed by atoms with E-state index in [0.29, 0.717) is 6.42 Å². The van der Waals surface area contributed by atoms with Gasteiger partial charge in [0.05, 0.1) is 21.2 Å². The van der Waals surface area contributed by atoms with E-state index >= 15 is 0 Å². The summed E-state index contributed by atoms with van der Waals surface area (Å²) in [6.07, 6.45) is -3.95. The molecule has 1 atom stereocenters. The molecule has 0 bridgehead atoms. The van der Waals surface area contributed by atoms with Gasteiger partial charge in [-0.25, -0.2) is 13.1 Å². The molecule has 0 aliphatic heterocycles. The molecule has 0 radical (unpaired) electrons. The van der Waals surface area contributed by atoms with Crippen molar-refractivity contribution in [2.24, 2.45) is 0 Å². The topological polar surface area (TPSA) is 84.5 Å². The molecule has 30 heavy (non-hydrogen) atoms. The molecular formula is C19H20ClF3N2O4S. The standard InChI is InChI=1S/C19H20ClF3N2O4S/c1-3-12(2)25-30(27,28)15-7-5-14(6-8-15)29-11-18(26)24-17-10-13(19(21,22)23)4-9-16(17)20/h4-10,12,25H,3,11H2,1-2H3,(H,24,26)/t12-/m1/s1. The molecular weight excluding hydrogens is 445 g/mol. The van der Waals surface area contributed by atoms with Crippen molar-refractivity contribution in [3.05, 3.63) is 53.1 Å². The average molecular weight is 465 g/mol. The van der Waals surface area contributed by atoms with Crippen LogP contribution in [0.2, 0.25) is 5.02 Å². The van der Waals surface area contributed by atoms with Gasteiger partial charge in [0.25, 0.3) is 5.91 Å². The summed E-state index contributed by atoms with van der Waals surface area (Å²) in [6, 6.07) is 7.73. The molecule has 0 unspecified atom stereocenters. The fourth-order valence-electron chi connectivity index (χ4n) is 2.26. The van der Waals surface area contributed by atoms with Gasteiger partial charge in [0.2, 0.25) is 10.0 Å². The maximum absolute atomic E-state index is 12.8. The van der Waals surface area contributed by atoms with Crippen molar-refractivity contribution in [1.29, 1.82) is 0 Å². The molecule has 0 saturated carbocycles. The van der Waals surface area contributed by atoms with Crippen molar-refractivity contribution >= 4 is 33.2 Å². The second-order valence-electron chi connectivity index (χ2n) is 6.43. The fourth-order valence-corrected chi connectivity index (χ4v) is 3.76. The molecule has 2 N–H and O–H groups in total. The van der Waals surface area contributed by atoms with E-state index in [4.69, 9.17) is 16.3 Å². The van der Waals surface area contributed by atoms with Crippen LogP contribution in [0.5, 0.6) is 5.75 Å². The largest absolute Gasteiger partial charge is 0.484 e. The number of sulfonamides is 1. The first-order valence-corrected chi connectivity index (χ1v) is 10.7. The van der Waals surface area contributed by atoms with Gasteiger partial charge in [0.1, 0.15) is 5.75 Å². The molecule has 0 aromatic heterocycles. The zero-order valence-electron chi connectivity index (χ0n) is 16.1. The number of alkyl halides is 3. The van der Waals surface area contributed by atoms with Crippen LogP contribution in [0.25, 0.3) is 0 Å². The minimum atomic E-state index is -4.58. The third kappa shape index (κ3) is 6.61. The van der Waals surface area contributed by atoms with Crippen molar-refractivity contribution in [1.82, 2.24) is 4.72 Å². The van der Waals surface area contributed by atoms with Crippen LogP contribution < -0.4 is 14.8 Å². The van der Waals surface area contributed by atoms with Crippen LogP contribution in [0, 0.1) is 0 Å². The smallest absolute Gasteiger partial charge is 0.416 e. The van der Waals surface area contributed by atoms with E-state index in [2.05, 4.69) is 10.0 Å². The number of amides is 1. The Labute approximate surface area is 177 Å². The van der Waals surface area contributed by atoms with E-state index in [0.717, 1.165) is 18.2 Å². The number of benzene rings is 2. The van der Waals surface area contributed by atoms with Crippen molar-refractivity contribution in [3.63, 3.8) is 0 Å². The number of nitrogens with one attached hydrogen (secondary N) is 2. The Bertz CT molecular complexity index is 996. The molecule has 6 nitrogen and oxygen atoms in total. The summed E-state index contributed by atoms with van der Waals surface area (Å²) in [5.41, 5.74) is -1.15. The minimum Gasteiger partial charge on any atom is -0.484 e. The number of halogens is 4. The predicted octanol–water partition coefficient (Wildman–Crippen LogP) is 4.45. The molecule has 2 aromatic carbocycles. The lowest BCUT2D eigenvalue weighted by molar-refractivity contribution is -0.137. The Morgan fingerprint density at radius 3 is 2.37 bits per heavy atom. The first-order chi connectivity index (χ1) is 13.9. The van der Waals surface area contributed by atoms with Gasteiger partial charge < -0.3 is 10.1 Å². The highest BCUT2D eigenvalue weighted by Gasteiger charge is 2.31. The lowest BCUT2D eigenvalue weighted by Gasteiger charge is -2.13. The Morgan fingerprint density at radius 2 is 1.80 bits per heavy atom. The minimum absolute atomic E-state index is 0.0374. The first kappa shape index (κ1) is 24.0. The van der Waals surface area contributed by atoms with E-state index < -0.39 is 34.3 Å². The summed E-state index contributed by atoms with van der Waals surface area (Å²) in [4.78, 5) is 12.0. The van der Waals surface area contributed by atoms with Gasteiger partial charge in [-0.3, -0.25) is 4.79 Å². The van der Waals surface area contributed by atoms with Crippen LogP contribution >= 0.6 is 11.6 Å². The van der Waals surface area contributed by atoms with Crippen molar-refractivity contribution in [3.8, 4) is 5.75 Å². The Hall–Kier alpha value is -2.30. The van der Waals surface area contributed by atoms with Crippen molar-refractivity contribution in [2.45, 2.75) is 37.4 Å². The van der Waals surface area contributed by atoms with Gasteiger partial charge in [-0.2, -0.15) is 13.2 Å². The summed E-state index contributed by atoms with van der Waals surface area (Å²) in [5, 5.41) is 2.20. The van der Waals surface area contributed by atoms with Crippen LogP contribution in [0.1, 0.15) is 25.8 Å². The highest BCUT2D eigenvalue weighted by molar-refractivity contribution is 7.89. The first-order valence-electron chi connectivity index (χ1n) is 8.84. The van der Waals surface area contributed by atoms with Gasteiger partial charge in [-0.05, 0) is 55.8 Å². The predicted molar refractivity (Wildman–Crippen MR) is 107 cm³/mol. The summed E-state index contributed by atoms with van der Waals surface area (Å²) in [5.74, 6) is -0.519. The molecule has 2 rings (SSSR count). The Kier molecular flexibility index (Phi) is 7.73. The second kappa shape index (κ2) is 9.67. The lowest BCUT2D eigenvalue weighted by Crippen LogP contribution is -2.31. The van der Waals surface area contributed by atoms with Gasteiger partial charge >= 0.3 is 6.18 Å². The Balaban J connectivity index is 1.99. The SMILES string of the molecule is CC[C@@H](C)NS(=O)(=O)c1ccc(OCC(=O)Nc2cc(C(F)(F)F)ccc2Cl)cc1. The van der Waals surface area contributed by atoms with Crippen molar-refractivity contribution in [2.75, 3.05) is 11.9 Å². The number of ether oxygens (including phenoxy) is 1. The molecule has 0 aliphatic rings. The number of carbonyl (C=O) groups excluding carboxylic acids is 1.